The van der Waals surface area contributed by atoms with E-state index in [1.165, 1.54) is 18.5 Å². The van der Waals surface area contributed by atoms with Crippen molar-refractivity contribution >= 4 is 0 Å². The molecule has 0 radical (unpaired) electrons. The molecule has 1 N–H and O–H groups in total. The Hall–Kier alpha value is -1.06. The SMILES string of the molecule is CCOc1cccc(CC2(NC)CCN(C)C2)c1. The van der Waals surface area contributed by atoms with Crippen LogP contribution in [0.25, 0.3) is 0 Å². The fourth-order valence-corrected chi connectivity index (χ4v) is 2.82. The molecule has 100 valence electrons. The van der Waals surface area contributed by atoms with E-state index < -0.39 is 0 Å². The smallest absolute Gasteiger partial charge is 0.119 e. The van der Waals surface area contributed by atoms with Gasteiger partial charge in [0.2, 0.25) is 0 Å². The number of likely N-dealkylation sites (tertiary alicyclic amines) is 1. The number of ether oxygens (including phenoxy) is 1. The van der Waals surface area contributed by atoms with Crippen molar-refractivity contribution < 1.29 is 4.74 Å². The highest BCUT2D eigenvalue weighted by atomic mass is 16.5. The molecule has 2 rings (SSSR count). The van der Waals surface area contributed by atoms with Crippen LogP contribution in [0.2, 0.25) is 0 Å². The Kier molecular flexibility index (Phi) is 4.25. The second kappa shape index (κ2) is 5.72. The van der Waals surface area contributed by atoms with E-state index in [1.54, 1.807) is 0 Å². The van der Waals surface area contributed by atoms with Crippen LogP contribution in [0.1, 0.15) is 18.9 Å². The molecule has 0 amide bonds. The van der Waals surface area contributed by atoms with Crippen LogP contribution in [-0.4, -0.2) is 44.2 Å². The minimum absolute atomic E-state index is 0.222. The topological polar surface area (TPSA) is 24.5 Å². The third-order valence-electron chi connectivity index (χ3n) is 3.83. The number of nitrogens with zero attached hydrogens (tertiary/aromatic N) is 1. The molecule has 18 heavy (non-hydrogen) atoms. The third kappa shape index (κ3) is 3.03. The maximum atomic E-state index is 5.57. The Bertz CT molecular complexity index is 394. The molecule has 0 spiro atoms. The van der Waals surface area contributed by atoms with Gasteiger partial charge in [-0.25, -0.2) is 0 Å². The van der Waals surface area contributed by atoms with E-state index in [4.69, 9.17) is 4.74 Å². The third-order valence-corrected chi connectivity index (χ3v) is 3.83. The quantitative estimate of drug-likeness (QED) is 0.861. The minimum Gasteiger partial charge on any atom is -0.494 e. The highest BCUT2D eigenvalue weighted by Crippen LogP contribution is 2.25. The number of hydrogen-bond acceptors (Lipinski definition) is 3. The lowest BCUT2D eigenvalue weighted by molar-refractivity contribution is 0.323. The summed E-state index contributed by atoms with van der Waals surface area (Å²) in [6.45, 7) is 5.03. The average molecular weight is 248 g/mol. The maximum Gasteiger partial charge on any atom is 0.119 e. The molecule has 1 aliphatic heterocycles. The van der Waals surface area contributed by atoms with Crippen molar-refractivity contribution in [2.24, 2.45) is 0 Å². The van der Waals surface area contributed by atoms with Crippen molar-refractivity contribution in [3.63, 3.8) is 0 Å². The highest BCUT2D eigenvalue weighted by Gasteiger charge is 2.35. The van der Waals surface area contributed by atoms with Gasteiger partial charge < -0.3 is 15.0 Å². The van der Waals surface area contributed by atoms with Crippen molar-refractivity contribution in [3.8, 4) is 5.75 Å². The van der Waals surface area contributed by atoms with Crippen molar-refractivity contribution in [2.45, 2.75) is 25.3 Å². The first kappa shape index (κ1) is 13.4. The van der Waals surface area contributed by atoms with E-state index in [0.29, 0.717) is 0 Å². The minimum atomic E-state index is 0.222. The van der Waals surface area contributed by atoms with E-state index in [2.05, 4.69) is 42.5 Å². The zero-order valence-electron chi connectivity index (χ0n) is 11.7. The number of likely N-dealkylation sites (N-methyl/N-ethyl adjacent to an activating group) is 2. The summed E-state index contributed by atoms with van der Waals surface area (Å²) in [4.78, 5) is 2.39. The van der Waals surface area contributed by atoms with Crippen molar-refractivity contribution in [1.82, 2.24) is 10.2 Å². The fourth-order valence-electron chi connectivity index (χ4n) is 2.82. The van der Waals surface area contributed by atoms with Gasteiger partial charge in [0.25, 0.3) is 0 Å². The van der Waals surface area contributed by atoms with Gasteiger partial charge in [0.05, 0.1) is 6.61 Å². The number of hydrogen-bond donors (Lipinski definition) is 1. The Morgan fingerprint density at radius 1 is 1.44 bits per heavy atom. The molecule has 0 bridgehead atoms. The van der Waals surface area contributed by atoms with Gasteiger partial charge in [-0.05, 0) is 58.1 Å². The predicted molar refractivity (Wildman–Crippen MR) is 75.2 cm³/mol. The average Bonchev–Trinajstić information content (AvgIpc) is 2.72. The lowest BCUT2D eigenvalue weighted by Gasteiger charge is -2.29. The second-order valence-corrected chi connectivity index (χ2v) is 5.28. The van der Waals surface area contributed by atoms with Crippen LogP contribution >= 0.6 is 0 Å². The molecule has 0 aromatic heterocycles. The van der Waals surface area contributed by atoms with Crippen LogP contribution < -0.4 is 10.1 Å². The van der Waals surface area contributed by atoms with Crippen LogP contribution in [0.15, 0.2) is 24.3 Å². The van der Waals surface area contributed by atoms with Crippen molar-refractivity contribution in [1.29, 1.82) is 0 Å². The summed E-state index contributed by atoms with van der Waals surface area (Å²) in [5.41, 5.74) is 1.57. The molecule has 1 heterocycles. The molecular weight excluding hydrogens is 224 g/mol. The highest BCUT2D eigenvalue weighted by molar-refractivity contribution is 5.30. The summed E-state index contributed by atoms with van der Waals surface area (Å²) in [6.07, 6.45) is 2.27. The monoisotopic (exact) mass is 248 g/mol. The first-order valence-electron chi connectivity index (χ1n) is 6.77. The summed E-state index contributed by atoms with van der Waals surface area (Å²) in [5.74, 6) is 0.979. The fraction of sp³-hybridized carbons (Fsp3) is 0.600. The lowest BCUT2D eigenvalue weighted by atomic mass is 9.90. The first-order valence-corrected chi connectivity index (χ1v) is 6.77. The van der Waals surface area contributed by atoms with E-state index in [0.717, 1.165) is 25.3 Å². The standard InChI is InChI=1S/C15H24N2O/c1-4-18-14-7-5-6-13(10-14)11-15(16-2)8-9-17(3)12-15/h5-7,10,16H,4,8-9,11-12H2,1-3H3. The molecule has 1 atom stereocenters. The normalized spacial score (nSPS) is 24.4. The summed E-state index contributed by atoms with van der Waals surface area (Å²) in [5, 5.41) is 3.53. The zero-order valence-corrected chi connectivity index (χ0v) is 11.7. The molecule has 1 unspecified atom stereocenters. The summed E-state index contributed by atoms with van der Waals surface area (Å²) in [6, 6.07) is 8.48. The van der Waals surface area contributed by atoms with Gasteiger partial charge in [0, 0.05) is 12.1 Å². The van der Waals surface area contributed by atoms with Gasteiger partial charge >= 0.3 is 0 Å². The Morgan fingerprint density at radius 2 is 2.28 bits per heavy atom. The van der Waals surface area contributed by atoms with Gasteiger partial charge in [-0.15, -0.1) is 0 Å². The van der Waals surface area contributed by atoms with E-state index in [-0.39, 0.29) is 5.54 Å². The van der Waals surface area contributed by atoms with Gasteiger partial charge in [-0.3, -0.25) is 0 Å². The van der Waals surface area contributed by atoms with E-state index in [1.807, 2.05) is 13.0 Å². The van der Waals surface area contributed by atoms with Gasteiger partial charge in [0.15, 0.2) is 0 Å². The largest absolute Gasteiger partial charge is 0.494 e. The number of rotatable bonds is 5. The summed E-state index contributed by atoms with van der Waals surface area (Å²) in [7, 11) is 4.27. The molecule has 3 nitrogen and oxygen atoms in total. The van der Waals surface area contributed by atoms with Crippen LogP contribution in [0.5, 0.6) is 5.75 Å². The predicted octanol–water partition coefficient (Wildman–Crippen LogP) is 1.92. The second-order valence-electron chi connectivity index (χ2n) is 5.28. The number of nitrogens with one attached hydrogen (secondary N) is 1. The van der Waals surface area contributed by atoms with Crippen LogP contribution in [-0.2, 0) is 6.42 Å². The van der Waals surface area contributed by atoms with Gasteiger partial charge in [-0.2, -0.15) is 0 Å². The lowest BCUT2D eigenvalue weighted by Crippen LogP contribution is -2.47. The Morgan fingerprint density at radius 3 is 2.89 bits per heavy atom. The summed E-state index contributed by atoms with van der Waals surface area (Å²) < 4.78 is 5.57. The van der Waals surface area contributed by atoms with Crippen molar-refractivity contribution in [3.05, 3.63) is 29.8 Å². The van der Waals surface area contributed by atoms with Crippen LogP contribution in [0.3, 0.4) is 0 Å². The molecule has 3 heteroatoms. The zero-order chi connectivity index (χ0) is 13.0. The molecule has 0 saturated carbocycles. The number of benzene rings is 1. The van der Waals surface area contributed by atoms with Crippen LogP contribution in [0, 0.1) is 0 Å². The molecule has 1 aromatic carbocycles. The Labute approximate surface area is 110 Å². The van der Waals surface area contributed by atoms with Crippen LogP contribution in [0.4, 0.5) is 0 Å². The van der Waals surface area contributed by atoms with Gasteiger partial charge in [-0.1, -0.05) is 12.1 Å². The molecule has 1 aliphatic rings. The van der Waals surface area contributed by atoms with Crippen molar-refractivity contribution in [2.75, 3.05) is 33.8 Å². The van der Waals surface area contributed by atoms with Gasteiger partial charge in [0.1, 0.15) is 5.75 Å². The van der Waals surface area contributed by atoms with E-state index >= 15 is 0 Å². The molecular formula is C15H24N2O. The molecule has 1 aromatic rings. The maximum absolute atomic E-state index is 5.57. The molecule has 0 aliphatic carbocycles. The Balaban J connectivity index is 2.10. The molecule has 1 fully saturated rings. The first-order chi connectivity index (χ1) is 8.67. The van der Waals surface area contributed by atoms with E-state index in [9.17, 15) is 0 Å². The molecule has 1 saturated heterocycles. The summed E-state index contributed by atoms with van der Waals surface area (Å²) >= 11 is 0.